The maximum atomic E-state index is 13.1. The Balaban J connectivity index is 1.54. The number of carbonyl (C=O) groups excluding carboxylic acids is 1. The Hall–Kier alpha value is -2.99. The number of pyridine rings is 1. The normalized spacial score (nSPS) is 14.0. The molecule has 1 N–H and O–H groups in total. The summed E-state index contributed by atoms with van der Waals surface area (Å²) in [5.41, 5.74) is 3.22. The Morgan fingerprint density at radius 3 is 2.85 bits per heavy atom. The third-order valence-corrected chi connectivity index (χ3v) is 4.77. The van der Waals surface area contributed by atoms with E-state index in [2.05, 4.69) is 15.2 Å². The summed E-state index contributed by atoms with van der Waals surface area (Å²) in [7, 11) is 0. The van der Waals surface area contributed by atoms with Gasteiger partial charge in [-0.3, -0.25) is 14.7 Å². The fourth-order valence-corrected chi connectivity index (χ4v) is 3.49. The molecule has 0 saturated heterocycles. The molecule has 1 aliphatic rings. The molecule has 0 bridgehead atoms. The highest BCUT2D eigenvalue weighted by Gasteiger charge is 2.28. The van der Waals surface area contributed by atoms with Crippen LogP contribution in [0.2, 0.25) is 0 Å². The maximum absolute atomic E-state index is 13.1. The van der Waals surface area contributed by atoms with Gasteiger partial charge in [0.2, 0.25) is 0 Å². The second kappa shape index (κ2) is 7.32. The minimum Gasteiger partial charge on any atom is -0.465 e. The molecule has 0 spiro atoms. The van der Waals surface area contributed by atoms with Crippen LogP contribution in [0.5, 0.6) is 0 Å². The van der Waals surface area contributed by atoms with E-state index in [4.69, 9.17) is 4.42 Å². The molecular formula is C21H20FN3O2. The van der Waals surface area contributed by atoms with Crippen LogP contribution in [0.25, 0.3) is 0 Å². The first-order valence-corrected chi connectivity index (χ1v) is 8.89. The molecule has 0 fully saturated rings. The molecule has 0 saturated carbocycles. The first-order valence-electron chi connectivity index (χ1n) is 8.89. The molecule has 138 valence electrons. The average molecular weight is 365 g/mol. The summed E-state index contributed by atoms with van der Waals surface area (Å²) in [5, 5.41) is 2.88. The van der Waals surface area contributed by atoms with Crippen LogP contribution in [0.3, 0.4) is 0 Å². The SMILES string of the molecule is Cc1oc2c(c1C(=O)Nc1cccnc1)CN(Cc1ccc(F)cc1)CC2. The molecule has 0 unspecified atom stereocenters. The molecule has 2 aromatic heterocycles. The topological polar surface area (TPSA) is 58.4 Å². The van der Waals surface area contributed by atoms with Gasteiger partial charge >= 0.3 is 0 Å². The monoisotopic (exact) mass is 365 g/mol. The number of furan rings is 1. The number of hydrogen-bond donors (Lipinski definition) is 1. The second-order valence-electron chi connectivity index (χ2n) is 6.72. The van der Waals surface area contributed by atoms with Gasteiger partial charge in [-0.05, 0) is 36.8 Å². The highest BCUT2D eigenvalue weighted by molar-refractivity contribution is 6.06. The summed E-state index contributed by atoms with van der Waals surface area (Å²) in [6.07, 6.45) is 4.02. The number of anilines is 1. The van der Waals surface area contributed by atoms with Crippen molar-refractivity contribution in [2.45, 2.75) is 26.4 Å². The van der Waals surface area contributed by atoms with Crippen molar-refractivity contribution in [2.24, 2.45) is 0 Å². The standard InChI is InChI=1S/C21H20FN3O2/c1-14-20(21(26)24-17-3-2-9-23-11-17)18-13-25(10-8-19(18)27-14)12-15-4-6-16(22)7-5-15/h2-7,9,11H,8,10,12-13H2,1H3,(H,24,26). The number of nitrogens with one attached hydrogen (secondary N) is 1. The van der Waals surface area contributed by atoms with Crippen molar-refractivity contribution in [2.75, 3.05) is 11.9 Å². The van der Waals surface area contributed by atoms with Gasteiger partial charge in [-0.15, -0.1) is 0 Å². The molecule has 3 aromatic rings. The number of aromatic nitrogens is 1. The van der Waals surface area contributed by atoms with Gasteiger partial charge in [0, 0.05) is 37.8 Å². The van der Waals surface area contributed by atoms with Gasteiger partial charge in [0.1, 0.15) is 17.3 Å². The van der Waals surface area contributed by atoms with Crippen molar-refractivity contribution < 1.29 is 13.6 Å². The molecule has 27 heavy (non-hydrogen) atoms. The zero-order chi connectivity index (χ0) is 18.8. The van der Waals surface area contributed by atoms with Gasteiger partial charge in [-0.2, -0.15) is 0 Å². The zero-order valence-electron chi connectivity index (χ0n) is 15.0. The largest absolute Gasteiger partial charge is 0.465 e. The molecule has 1 aliphatic heterocycles. The molecule has 0 radical (unpaired) electrons. The number of fused-ring (bicyclic) bond motifs is 1. The van der Waals surface area contributed by atoms with Gasteiger partial charge in [-0.1, -0.05) is 12.1 Å². The van der Waals surface area contributed by atoms with E-state index in [1.807, 2.05) is 6.92 Å². The van der Waals surface area contributed by atoms with Gasteiger partial charge in [0.25, 0.3) is 5.91 Å². The first kappa shape index (κ1) is 17.4. The maximum Gasteiger partial charge on any atom is 0.259 e. The first-order chi connectivity index (χ1) is 13.1. The van der Waals surface area contributed by atoms with Crippen LogP contribution in [-0.4, -0.2) is 22.3 Å². The fourth-order valence-electron chi connectivity index (χ4n) is 3.49. The van der Waals surface area contributed by atoms with Crippen LogP contribution < -0.4 is 5.32 Å². The van der Waals surface area contributed by atoms with Crippen LogP contribution in [0.1, 0.15) is 33.0 Å². The van der Waals surface area contributed by atoms with E-state index in [0.717, 1.165) is 29.9 Å². The minimum atomic E-state index is -0.237. The van der Waals surface area contributed by atoms with Crippen LogP contribution >= 0.6 is 0 Å². The lowest BCUT2D eigenvalue weighted by atomic mass is 10.0. The third kappa shape index (κ3) is 3.75. The Labute approximate surface area is 156 Å². The summed E-state index contributed by atoms with van der Waals surface area (Å²) < 4.78 is 19.0. The van der Waals surface area contributed by atoms with Crippen molar-refractivity contribution in [3.63, 3.8) is 0 Å². The van der Waals surface area contributed by atoms with E-state index >= 15 is 0 Å². The lowest BCUT2D eigenvalue weighted by molar-refractivity contribution is 0.102. The molecule has 0 aliphatic carbocycles. The predicted octanol–water partition coefficient (Wildman–Crippen LogP) is 3.93. The third-order valence-electron chi connectivity index (χ3n) is 4.77. The number of amides is 1. The number of nitrogens with zero attached hydrogens (tertiary/aromatic N) is 2. The van der Waals surface area contributed by atoms with E-state index in [1.54, 1.807) is 36.7 Å². The van der Waals surface area contributed by atoms with E-state index in [1.165, 1.54) is 12.1 Å². The molecule has 4 rings (SSSR count). The number of hydrogen-bond acceptors (Lipinski definition) is 4. The van der Waals surface area contributed by atoms with Crippen LogP contribution in [0.15, 0.2) is 53.2 Å². The van der Waals surface area contributed by atoms with Crippen LogP contribution in [-0.2, 0) is 19.5 Å². The highest BCUT2D eigenvalue weighted by Crippen LogP contribution is 2.29. The number of halogens is 1. The molecule has 1 aromatic carbocycles. The summed E-state index contributed by atoms with van der Waals surface area (Å²) in [6, 6.07) is 10.1. The lowest BCUT2D eigenvalue weighted by Crippen LogP contribution is -2.30. The van der Waals surface area contributed by atoms with Crippen molar-refractivity contribution >= 4 is 11.6 Å². The van der Waals surface area contributed by atoms with E-state index in [0.29, 0.717) is 30.1 Å². The lowest BCUT2D eigenvalue weighted by Gasteiger charge is -2.26. The Bertz CT molecular complexity index is 952. The quantitative estimate of drug-likeness (QED) is 0.761. The van der Waals surface area contributed by atoms with Crippen LogP contribution in [0, 0.1) is 12.7 Å². The molecule has 3 heterocycles. The Kier molecular flexibility index (Phi) is 4.73. The summed E-state index contributed by atoms with van der Waals surface area (Å²) in [5.74, 6) is 1.08. The number of rotatable bonds is 4. The Morgan fingerprint density at radius 2 is 2.11 bits per heavy atom. The molecule has 0 atom stereocenters. The number of carbonyl (C=O) groups is 1. The number of aryl methyl sites for hydroxylation is 1. The van der Waals surface area contributed by atoms with Crippen LogP contribution in [0.4, 0.5) is 10.1 Å². The van der Waals surface area contributed by atoms with Gasteiger partial charge in [-0.25, -0.2) is 4.39 Å². The van der Waals surface area contributed by atoms with Gasteiger partial charge in [0.15, 0.2) is 0 Å². The number of benzene rings is 1. The molecule has 5 nitrogen and oxygen atoms in total. The average Bonchev–Trinajstić information content (AvgIpc) is 2.99. The molecular weight excluding hydrogens is 345 g/mol. The summed E-state index contributed by atoms with van der Waals surface area (Å²) in [4.78, 5) is 19.1. The highest BCUT2D eigenvalue weighted by atomic mass is 19.1. The zero-order valence-corrected chi connectivity index (χ0v) is 15.0. The Morgan fingerprint density at radius 1 is 1.30 bits per heavy atom. The van der Waals surface area contributed by atoms with Crippen molar-refractivity contribution in [3.8, 4) is 0 Å². The molecule has 6 heteroatoms. The van der Waals surface area contributed by atoms with E-state index in [9.17, 15) is 9.18 Å². The fraction of sp³-hybridized carbons (Fsp3) is 0.238. The van der Waals surface area contributed by atoms with Gasteiger partial charge in [0.05, 0.1) is 17.4 Å². The summed E-state index contributed by atoms with van der Waals surface area (Å²) >= 11 is 0. The predicted molar refractivity (Wildman–Crippen MR) is 99.9 cm³/mol. The van der Waals surface area contributed by atoms with Crippen molar-refractivity contribution in [3.05, 3.63) is 82.8 Å². The smallest absolute Gasteiger partial charge is 0.259 e. The second-order valence-corrected chi connectivity index (χ2v) is 6.72. The minimum absolute atomic E-state index is 0.186. The van der Waals surface area contributed by atoms with Gasteiger partial charge < -0.3 is 9.73 Å². The van der Waals surface area contributed by atoms with E-state index in [-0.39, 0.29) is 11.7 Å². The molecule has 1 amide bonds. The van der Waals surface area contributed by atoms with Crippen molar-refractivity contribution in [1.82, 2.24) is 9.88 Å². The van der Waals surface area contributed by atoms with E-state index < -0.39 is 0 Å². The van der Waals surface area contributed by atoms with Crippen molar-refractivity contribution in [1.29, 1.82) is 0 Å². The summed E-state index contributed by atoms with van der Waals surface area (Å²) in [6.45, 7) is 3.98.